The van der Waals surface area contributed by atoms with Crippen molar-refractivity contribution in [2.24, 2.45) is 0 Å². The van der Waals surface area contributed by atoms with Crippen molar-refractivity contribution in [2.75, 3.05) is 6.54 Å². The molecule has 1 nitrogen and oxygen atoms in total. The van der Waals surface area contributed by atoms with E-state index in [0.29, 0.717) is 16.1 Å². The third kappa shape index (κ3) is 4.02. The minimum atomic E-state index is 0.493. The van der Waals surface area contributed by atoms with Crippen molar-refractivity contribution in [3.05, 3.63) is 39.9 Å². The number of rotatable bonds is 2. The topological polar surface area (TPSA) is 12.0 Å². The highest BCUT2D eigenvalue weighted by atomic mass is 35.5. The first kappa shape index (κ1) is 12.9. The second kappa shape index (κ2) is 6.44. The van der Waals surface area contributed by atoms with Gasteiger partial charge in [-0.25, -0.2) is 0 Å². The molecule has 1 heterocycles. The fourth-order valence-corrected chi connectivity index (χ4v) is 2.37. The van der Waals surface area contributed by atoms with Gasteiger partial charge in [-0.3, -0.25) is 0 Å². The van der Waals surface area contributed by atoms with Gasteiger partial charge in [-0.15, -0.1) is 0 Å². The van der Waals surface area contributed by atoms with Gasteiger partial charge >= 0.3 is 0 Å². The van der Waals surface area contributed by atoms with Crippen LogP contribution in [0.4, 0.5) is 0 Å². The Kier molecular flexibility index (Phi) is 4.90. The van der Waals surface area contributed by atoms with Crippen LogP contribution in [-0.4, -0.2) is 12.6 Å². The Hall–Kier alpha value is -0.500. The summed E-state index contributed by atoms with van der Waals surface area (Å²) in [7, 11) is 0. The van der Waals surface area contributed by atoms with Crippen LogP contribution in [0.25, 0.3) is 6.08 Å². The quantitative estimate of drug-likeness (QED) is 0.832. The van der Waals surface area contributed by atoms with E-state index < -0.39 is 0 Å². The molecular formula is C14H17Cl2N. The normalized spacial score (nSPS) is 21.6. The summed E-state index contributed by atoms with van der Waals surface area (Å²) >= 11 is 11.9. The number of hydrogen-bond donors (Lipinski definition) is 1. The summed E-state index contributed by atoms with van der Waals surface area (Å²) in [5, 5.41) is 4.75. The lowest BCUT2D eigenvalue weighted by Gasteiger charge is -2.10. The molecular weight excluding hydrogens is 253 g/mol. The fraction of sp³-hybridized carbons (Fsp3) is 0.429. The van der Waals surface area contributed by atoms with Crippen molar-refractivity contribution in [1.29, 1.82) is 0 Å². The summed E-state index contributed by atoms with van der Waals surface area (Å²) < 4.78 is 0. The summed E-state index contributed by atoms with van der Waals surface area (Å²) in [5.74, 6) is 0. The van der Waals surface area contributed by atoms with E-state index in [1.165, 1.54) is 25.7 Å². The van der Waals surface area contributed by atoms with Crippen LogP contribution < -0.4 is 5.32 Å². The van der Waals surface area contributed by atoms with E-state index in [0.717, 1.165) is 12.1 Å². The molecule has 3 heteroatoms. The van der Waals surface area contributed by atoms with E-state index in [2.05, 4.69) is 17.5 Å². The van der Waals surface area contributed by atoms with Gasteiger partial charge < -0.3 is 5.32 Å². The maximum Gasteiger partial charge on any atom is 0.0598 e. The number of nitrogens with one attached hydrogen (secondary N) is 1. The standard InChI is InChI=1S/C14H17Cl2N/c15-13-8-6-11(10-14(13)16)5-7-12-4-2-1-3-9-17-12/h5-8,10,12,17H,1-4,9H2/b7-5+. The van der Waals surface area contributed by atoms with Gasteiger partial charge in [0.25, 0.3) is 0 Å². The number of halogens is 2. The molecule has 1 aromatic rings. The highest BCUT2D eigenvalue weighted by Gasteiger charge is 2.07. The van der Waals surface area contributed by atoms with Gasteiger partial charge in [-0.2, -0.15) is 0 Å². The Morgan fingerprint density at radius 2 is 2.00 bits per heavy atom. The summed E-state index contributed by atoms with van der Waals surface area (Å²) in [4.78, 5) is 0. The molecule has 1 fully saturated rings. The minimum Gasteiger partial charge on any atom is -0.311 e. The van der Waals surface area contributed by atoms with Gasteiger partial charge in [0.2, 0.25) is 0 Å². The Balaban J connectivity index is 2.00. The van der Waals surface area contributed by atoms with Crippen LogP contribution >= 0.6 is 23.2 Å². The summed E-state index contributed by atoms with van der Waals surface area (Å²) in [6.07, 6.45) is 9.50. The minimum absolute atomic E-state index is 0.493. The number of hydrogen-bond acceptors (Lipinski definition) is 1. The van der Waals surface area contributed by atoms with Crippen molar-refractivity contribution < 1.29 is 0 Å². The first-order valence-corrected chi connectivity index (χ1v) is 6.88. The Morgan fingerprint density at radius 1 is 1.12 bits per heavy atom. The van der Waals surface area contributed by atoms with E-state index in [1.807, 2.05) is 18.2 Å². The smallest absolute Gasteiger partial charge is 0.0598 e. The Bertz CT molecular complexity index is 393. The van der Waals surface area contributed by atoms with Gasteiger partial charge in [0.1, 0.15) is 0 Å². The zero-order valence-electron chi connectivity index (χ0n) is 9.76. The van der Waals surface area contributed by atoms with Crippen LogP contribution in [0.3, 0.4) is 0 Å². The van der Waals surface area contributed by atoms with Crippen molar-refractivity contribution in [1.82, 2.24) is 5.32 Å². The van der Waals surface area contributed by atoms with Crippen molar-refractivity contribution in [3.8, 4) is 0 Å². The van der Waals surface area contributed by atoms with Crippen LogP contribution in [0.5, 0.6) is 0 Å². The third-order valence-electron chi connectivity index (χ3n) is 3.06. The molecule has 1 aliphatic rings. The highest BCUT2D eigenvalue weighted by molar-refractivity contribution is 6.42. The van der Waals surface area contributed by atoms with E-state index in [1.54, 1.807) is 0 Å². The average Bonchev–Trinajstić information content (AvgIpc) is 2.59. The molecule has 1 saturated heterocycles. The van der Waals surface area contributed by atoms with E-state index in [-0.39, 0.29) is 0 Å². The molecule has 0 spiro atoms. The highest BCUT2D eigenvalue weighted by Crippen LogP contribution is 2.23. The van der Waals surface area contributed by atoms with Crippen molar-refractivity contribution in [3.63, 3.8) is 0 Å². The van der Waals surface area contributed by atoms with Crippen LogP contribution in [0.2, 0.25) is 10.0 Å². The molecule has 17 heavy (non-hydrogen) atoms. The third-order valence-corrected chi connectivity index (χ3v) is 3.80. The van der Waals surface area contributed by atoms with Crippen molar-refractivity contribution in [2.45, 2.75) is 31.7 Å². The van der Waals surface area contributed by atoms with Crippen LogP contribution in [-0.2, 0) is 0 Å². The fourth-order valence-electron chi connectivity index (χ4n) is 2.06. The first-order chi connectivity index (χ1) is 8.25. The average molecular weight is 270 g/mol. The van der Waals surface area contributed by atoms with Crippen LogP contribution in [0.15, 0.2) is 24.3 Å². The lowest BCUT2D eigenvalue weighted by molar-refractivity contribution is 0.599. The first-order valence-electron chi connectivity index (χ1n) is 6.12. The molecule has 1 unspecified atom stereocenters. The molecule has 0 radical (unpaired) electrons. The molecule has 92 valence electrons. The molecule has 1 aliphatic heterocycles. The van der Waals surface area contributed by atoms with Gasteiger partial charge in [-0.05, 0) is 37.1 Å². The summed E-state index contributed by atoms with van der Waals surface area (Å²) in [6, 6.07) is 6.22. The lowest BCUT2D eigenvalue weighted by atomic mass is 10.1. The predicted molar refractivity (Wildman–Crippen MR) is 75.8 cm³/mol. The molecule has 2 rings (SSSR count). The maximum atomic E-state index is 5.98. The SMILES string of the molecule is Clc1ccc(/C=C/C2CCCCCN2)cc1Cl. The predicted octanol–water partition coefficient (Wildman–Crippen LogP) is 4.54. The van der Waals surface area contributed by atoms with Crippen molar-refractivity contribution >= 4 is 29.3 Å². The second-order valence-electron chi connectivity index (χ2n) is 4.44. The molecule has 0 aromatic heterocycles. The molecule has 0 bridgehead atoms. The van der Waals surface area contributed by atoms with Crippen LogP contribution in [0.1, 0.15) is 31.2 Å². The zero-order valence-corrected chi connectivity index (χ0v) is 11.3. The van der Waals surface area contributed by atoms with Gasteiger partial charge in [0, 0.05) is 6.04 Å². The van der Waals surface area contributed by atoms with Gasteiger partial charge in [0.05, 0.1) is 10.0 Å². The van der Waals surface area contributed by atoms with E-state index in [4.69, 9.17) is 23.2 Å². The molecule has 1 N–H and O–H groups in total. The largest absolute Gasteiger partial charge is 0.311 e. The zero-order chi connectivity index (χ0) is 12.1. The lowest BCUT2D eigenvalue weighted by Crippen LogP contribution is -2.25. The molecule has 0 saturated carbocycles. The molecule has 1 aromatic carbocycles. The molecule has 0 amide bonds. The molecule has 0 aliphatic carbocycles. The Morgan fingerprint density at radius 3 is 2.82 bits per heavy atom. The van der Waals surface area contributed by atoms with Crippen LogP contribution in [0, 0.1) is 0 Å². The Labute approximate surface area is 113 Å². The van der Waals surface area contributed by atoms with Gasteiger partial charge in [0.15, 0.2) is 0 Å². The monoisotopic (exact) mass is 269 g/mol. The van der Waals surface area contributed by atoms with Gasteiger partial charge in [-0.1, -0.05) is 54.3 Å². The van der Waals surface area contributed by atoms with E-state index >= 15 is 0 Å². The summed E-state index contributed by atoms with van der Waals surface area (Å²) in [6.45, 7) is 1.12. The summed E-state index contributed by atoms with van der Waals surface area (Å²) in [5.41, 5.74) is 1.10. The number of benzene rings is 1. The van der Waals surface area contributed by atoms with E-state index in [9.17, 15) is 0 Å². The molecule has 1 atom stereocenters. The second-order valence-corrected chi connectivity index (χ2v) is 5.26. The maximum absolute atomic E-state index is 5.98.